The van der Waals surface area contributed by atoms with Crippen LogP contribution in [0, 0.1) is 0 Å². The molecule has 1 fully saturated rings. The summed E-state index contributed by atoms with van der Waals surface area (Å²) >= 11 is 0. The Bertz CT molecular complexity index is 3960. The third-order valence-corrected chi connectivity index (χ3v) is 16.6. The first-order chi connectivity index (χ1) is 33.0. The Hall–Kier alpha value is -7.74. The van der Waals surface area contributed by atoms with Crippen molar-refractivity contribution in [1.29, 1.82) is 0 Å². The average molecular weight is 856 g/mol. The monoisotopic (exact) mass is 855 g/mol. The molecule has 1 heterocycles. The minimum atomic E-state index is 0.00590. The van der Waals surface area contributed by atoms with E-state index < -0.39 is 0 Å². The van der Waals surface area contributed by atoms with Crippen LogP contribution >= 0.6 is 0 Å². The van der Waals surface area contributed by atoms with Crippen LogP contribution in [-0.4, -0.2) is 5.54 Å². The van der Waals surface area contributed by atoms with Crippen molar-refractivity contribution in [2.75, 3.05) is 4.90 Å². The van der Waals surface area contributed by atoms with E-state index in [2.05, 4.69) is 231 Å². The van der Waals surface area contributed by atoms with Gasteiger partial charge in [0.15, 0.2) is 0 Å². The minimum absolute atomic E-state index is 0.00590. The summed E-state index contributed by atoms with van der Waals surface area (Å²) < 4.78 is 0. The van der Waals surface area contributed by atoms with Crippen molar-refractivity contribution in [3.05, 3.63) is 218 Å². The molecule has 0 spiro atoms. The Morgan fingerprint density at radius 3 is 1.57 bits per heavy atom. The summed E-state index contributed by atoms with van der Waals surface area (Å²) in [4.78, 5) is 2.68. The van der Waals surface area contributed by atoms with E-state index in [1.165, 1.54) is 152 Å². The molecule has 0 saturated heterocycles. The molecule has 0 amide bonds. The van der Waals surface area contributed by atoms with Crippen LogP contribution in [0.3, 0.4) is 0 Å². The molecule has 0 bridgehead atoms. The fourth-order valence-electron chi connectivity index (χ4n) is 13.2. The van der Waals surface area contributed by atoms with Crippen molar-refractivity contribution in [2.45, 2.75) is 50.5 Å². The second-order valence-electron chi connectivity index (χ2n) is 19.8. The van der Waals surface area contributed by atoms with E-state index in [1.807, 2.05) is 0 Å². The van der Waals surface area contributed by atoms with Gasteiger partial charge < -0.3 is 4.90 Å². The first-order valence-corrected chi connectivity index (χ1v) is 24.2. The van der Waals surface area contributed by atoms with Gasteiger partial charge in [-0.3, -0.25) is 0 Å². The SMILES string of the molecule is CC12CCCCC1(C)N(c1ccccc1)c1ccc(-c3cccc4c(-c5cc(-c6cccc7ccccc67)c6ccc7ccc(-c8cccc9ccccc89)c8ccc5c6c78)cccc34)cc12. The smallest absolute Gasteiger partial charge is 0.0517 e. The van der Waals surface area contributed by atoms with Gasteiger partial charge in [0, 0.05) is 16.8 Å². The van der Waals surface area contributed by atoms with E-state index >= 15 is 0 Å². The number of rotatable bonds is 5. The minimum Gasteiger partial charge on any atom is -0.334 e. The number of fused-ring (bicyclic) bond motifs is 6. The second kappa shape index (κ2) is 14.4. The lowest BCUT2D eigenvalue weighted by Crippen LogP contribution is -2.54. The molecule has 12 aromatic carbocycles. The Morgan fingerprint density at radius 1 is 0.343 bits per heavy atom. The summed E-state index contributed by atoms with van der Waals surface area (Å²) in [5.74, 6) is 0. The van der Waals surface area contributed by atoms with Crippen LogP contribution in [0.15, 0.2) is 212 Å². The zero-order chi connectivity index (χ0) is 44.4. The van der Waals surface area contributed by atoms with E-state index in [0.29, 0.717) is 0 Å². The van der Waals surface area contributed by atoms with E-state index in [4.69, 9.17) is 0 Å². The molecule has 1 heteroatoms. The fraction of sp³-hybridized carbons (Fsp3) is 0.121. The van der Waals surface area contributed by atoms with Crippen molar-refractivity contribution in [1.82, 2.24) is 0 Å². The van der Waals surface area contributed by atoms with Gasteiger partial charge in [-0.1, -0.05) is 202 Å². The predicted molar refractivity (Wildman–Crippen MR) is 287 cm³/mol. The fourth-order valence-corrected chi connectivity index (χ4v) is 13.2. The third kappa shape index (κ3) is 5.43. The predicted octanol–water partition coefficient (Wildman–Crippen LogP) is 18.5. The lowest BCUT2D eigenvalue weighted by Gasteiger charge is -2.50. The third-order valence-electron chi connectivity index (χ3n) is 16.6. The summed E-state index contributed by atoms with van der Waals surface area (Å²) in [7, 11) is 0. The molecule has 1 nitrogen and oxygen atoms in total. The van der Waals surface area contributed by atoms with Gasteiger partial charge in [-0.05, 0) is 165 Å². The van der Waals surface area contributed by atoms with Crippen LogP contribution in [0.25, 0.3) is 109 Å². The van der Waals surface area contributed by atoms with E-state index in [1.54, 1.807) is 0 Å². The summed E-state index contributed by atoms with van der Waals surface area (Å²) in [5.41, 5.74) is 14.4. The van der Waals surface area contributed by atoms with Gasteiger partial charge in [0.25, 0.3) is 0 Å². The van der Waals surface area contributed by atoms with Gasteiger partial charge >= 0.3 is 0 Å². The van der Waals surface area contributed by atoms with E-state index in [0.717, 1.165) is 0 Å². The summed E-state index contributed by atoms with van der Waals surface area (Å²) in [6, 6.07) is 80.4. The van der Waals surface area contributed by atoms with Crippen molar-refractivity contribution in [3.63, 3.8) is 0 Å². The van der Waals surface area contributed by atoms with Crippen LogP contribution < -0.4 is 4.90 Å². The molecule has 1 saturated carbocycles. The van der Waals surface area contributed by atoms with Crippen molar-refractivity contribution < 1.29 is 0 Å². The zero-order valence-electron chi connectivity index (χ0n) is 38.0. The molecule has 1 aliphatic carbocycles. The van der Waals surface area contributed by atoms with Crippen molar-refractivity contribution in [2.24, 2.45) is 0 Å². The molecule has 0 radical (unpaired) electrons. The maximum Gasteiger partial charge on any atom is 0.0517 e. The van der Waals surface area contributed by atoms with Crippen LogP contribution in [0.2, 0.25) is 0 Å². The molecule has 67 heavy (non-hydrogen) atoms. The van der Waals surface area contributed by atoms with Crippen LogP contribution in [0.5, 0.6) is 0 Å². The molecule has 2 unspecified atom stereocenters. The largest absolute Gasteiger partial charge is 0.334 e. The van der Waals surface area contributed by atoms with Crippen LogP contribution in [0.1, 0.15) is 45.1 Å². The lowest BCUT2D eigenvalue weighted by molar-refractivity contribution is 0.195. The van der Waals surface area contributed by atoms with Gasteiger partial charge in [-0.25, -0.2) is 0 Å². The average Bonchev–Trinajstić information content (AvgIpc) is 3.59. The Labute approximate surface area is 391 Å². The standard InChI is InChI=1S/C66H49N/c1-65-38-10-11-39-66(65,2)67(46-20-4-3-5-21-46)62-37-32-45(40-61(62)65)49-24-14-28-53-51(49)27-15-29-54(53)60-41-59(52-26-13-19-43-17-7-9-23-48(43)52)57-34-31-44-30-33-55(56-35-36-58(60)64(57)63(44)56)50-25-12-18-42-16-6-8-22-47(42)50/h3-9,12-37,40-41H,10-11,38-39H2,1-2H3. The van der Waals surface area contributed by atoms with Gasteiger partial charge in [-0.15, -0.1) is 0 Å². The maximum absolute atomic E-state index is 2.68. The second-order valence-corrected chi connectivity index (χ2v) is 19.8. The van der Waals surface area contributed by atoms with Crippen LogP contribution in [0.4, 0.5) is 11.4 Å². The van der Waals surface area contributed by atoms with E-state index in [9.17, 15) is 0 Å². The Kier molecular flexibility index (Phi) is 8.27. The van der Waals surface area contributed by atoms with Crippen molar-refractivity contribution >= 4 is 76.0 Å². The number of anilines is 2. The number of hydrogen-bond donors (Lipinski definition) is 0. The Balaban J connectivity index is 1.02. The molecule has 2 atom stereocenters. The molecular weight excluding hydrogens is 807 g/mol. The lowest BCUT2D eigenvalue weighted by atomic mass is 9.61. The topological polar surface area (TPSA) is 3.24 Å². The molecule has 0 N–H and O–H groups in total. The highest BCUT2D eigenvalue weighted by Crippen LogP contribution is 2.61. The molecule has 12 aromatic rings. The molecule has 1 aliphatic heterocycles. The first kappa shape index (κ1) is 38.5. The molecular formula is C66H49N. The number of hydrogen-bond acceptors (Lipinski definition) is 1. The first-order valence-electron chi connectivity index (χ1n) is 24.2. The van der Waals surface area contributed by atoms with Gasteiger partial charge in [0.2, 0.25) is 0 Å². The quantitative estimate of drug-likeness (QED) is 0.156. The van der Waals surface area contributed by atoms with Gasteiger partial charge in [0.1, 0.15) is 0 Å². The summed E-state index contributed by atoms with van der Waals surface area (Å²) in [6.45, 7) is 5.07. The van der Waals surface area contributed by atoms with Gasteiger partial charge in [-0.2, -0.15) is 0 Å². The molecule has 0 aromatic heterocycles. The number of benzene rings is 12. The van der Waals surface area contributed by atoms with E-state index in [-0.39, 0.29) is 11.0 Å². The number of nitrogens with zero attached hydrogens (tertiary/aromatic N) is 1. The Morgan fingerprint density at radius 2 is 0.851 bits per heavy atom. The highest BCUT2D eigenvalue weighted by molar-refractivity contribution is 6.31. The molecule has 14 rings (SSSR count). The summed E-state index contributed by atoms with van der Waals surface area (Å²) in [6.07, 6.45) is 4.91. The van der Waals surface area contributed by atoms with Crippen LogP contribution in [-0.2, 0) is 5.41 Å². The highest BCUT2D eigenvalue weighted by Gasteiger charge is 2.57. The highest BCUT2D eigenvalue weighted by atomic mass is 15.3. The summed E-state index contributed by atoms with van der Waals surface area (Å²) in [5, 5.41) is 15.4. The van der Waals surface area contributed by atoms with Gasteiger partial charge in [0.05, 0.1) is 5.54 Å². The number of para-hydroxylation sites is 1. The van der Waals surface area contributed by atoms with Crippen molar-refractivity contribution in [3.8, 4) is 44.5 Å². The maximum atomic E-state index is 2.68. The molecule has 318 valence electrons. The zero-order valence-corrected chi connectivity index (χ0v) is 38.0. The molecule has 2 aliphatic rings. The normalized spacial score (nSPS) is 18.1.